The number of nitrogens with one attached hydrogen (secondary N) is 1. The third-order valence-corrected chi connectivity index (χ3v) is 6.01. The van der Waals surface area contributed by atoms with E-state index in [9.17, 15) is 4.79 Å². The smallest absolute Gasteiger partial charge is 0.256 e. The fourth-order valence-corrected chi connectivity index (χ4v) is 4.07. The second-order valence-corrected chi connectivity index (χ2v) is 10.4. The van der Waals surface area contributed by atoms with Crippen molar-refractivity contribution in [2.45, 2.75) is 52.4 Å². The molecule has 4 rings (SSSR count). The summed E-state index contributed by atoms with van der Waals surface area (Å²) < 4.78 is 0. The average molecular weight is 410 g/mol. The SMILES string of the molecule is CC(C)(C)c1ccc(-c2[nH]c(=O)c3ccccc3c2-c2ccc(C(C)(C)C)cc2)cc1. The molecule has 0 saturated carbocycles. The fraction of sp³-hybridized carbons (Fsp3) is 0.276. The molecule has 2 nitrogen and oxygen atoms in total. The summed E-state index contributed by atoms with van der Waals surface area (Å²) >= 11 is 0. The summed E-state index contributed by atoms with van der Waals surface area (Å²) in [7, 11) is 0. The van der Waals surface area contributed by atoms with Crippen LogP contribution in [0.2, 0.25) is 0 Å². The molecular formula is C29H31NO. The zero-order valence-electron chi connectivity index (χ0n) is 19.3. The number of fused-ring (bicyclic) bond motifs is 1. The van der Waals surface area contributed by atoms with Gasteiger partial charge < -0.3 is 4.98 Å². The Morgan fingerprint density at radius 1 is 0.581 bits per heavy atom. The lowest BCUT2D eigenvalue weighted by Gasteiger charge is -2.21. The van der Waals surface area contributed by atoms with Crippen molar-refractivity contribution < 1.29 is 0 Å². The number of pyridine rings is 1. The Labute approximate surface area is 185 Å². The highest BCUT2D eigenvalue weighted by molar-refractivity contribution is 6.02. The number of hydrogen-bond donors (Lipinski definition) is 1. The van der Waals surface area contributed by atoms with Crippen LogP contribution in [0, 0.1) is 0 Å². The maximum atomic E-state index is 12.9. The number of benzene rings is 3. The molecule has 1 aromatic heterocycles. The van der Waals surface area contributed by atoms with Crippen molar-refractivity contribution >= 4 is 10.8 Å². The van der Waals surface area contributed by atoms with E-state index in [0.29, 0.717) is 5.39 Å². The summed E-state index contributed by atoms with van der Waals surface area (Å²) in [6.07, 6.45) is 0. The van der Waals surface area contributed by atoms with Crippen LogP contribution >= 0.6 is 0 Å². The van der Waals surface area contributed by atoms with E-state index in [0.717, 1.165) is 27.8 Å². The molecule has 3 aromatic carbocycles. The van der Waals surface area contributed by atoms with Crippen LogP contribution in [0.5, 0.6) is 0 Å². The molecule has 158 valence electrons. The number of aromatic nitrogens is 1. The summed E-state index contributed by atoms with van der Waals surface area (Å²) in [4.78, 5) is 16.1. The molecular weight excluding hydrogens is 378 g/mol. The molecule has 0 bridgehead atoms. The Morgan fingerprint density at radius 2 is 1.03 bits per heavy atom. The molecule has 0 saturated heterocycles. The van der Waals surface area contributed by atoms with Gasteiger partial charge in [0.25, 0.3) is 5.56 Å². The first-order valence-corrected chi connectivity index (χ1v) is 10.9. The second kappa shape index (κ2) is 7.53. The molecule has 0 aliphatic carbocycles. The minimum Gasteiger partial charge on any atom is -0.321 e. The van der Waals surface area contributed by atoms with Gasteiger partial charge >= 0.3 is 0 Å². The topological polar surface area (TPSA) is 32.9 Å². The maximum absolute atomic E-state index is 12.9. The summed E-state index contributed by atoms with van der Waals surface area (Å²) in [5.41, 5.74) is 6.75. The van der Waals surface area contributed by atoms with Crippen LogP contribution in [-0.4, -0.2) is 4.98 Å². The van der Waals surface area contributed by atoms with Gasteiger partial charge in [0.15, 0.2) is 0 Å². The third kappa shape index (κ3) is 4.07. The van der Waals surface area contributed by atoms with Crippen molar-refractivity contribution in [3.05, 3.63) is 94.3 Å². The van der Waals surface area contributed by atoms with Gasteiger partial charge in [-0.05, 0) is 44.5 Å². The van der Waals surface area contributed by atoms with Crippen molar-refractivity contribution in [1.29, 1.82) is 0 Å². The Morgan fingerprint density at radius 3 is 1.52 bits per heavy atom. The Balaban J connectivity index is 1.97. The van der Waals surface area contributed by atoms with Crippen LogP contribution in [0.3, 0.4) is 0 Å². The molecule has 0 fully saturated rings. The zero-order valence-corrected chi connectivity index (χ0v) is 19.3. The lowest BCUT2D eigenvalue weighted by molar-refractivity contribution is 0.590. The van der Waals surface area contributed by atoms with Gasteiger partial charge in [0.05, 0.1) is 5.69 Å². The molecule has 0 amide bonds. The monoisotopic (exact) mass is 409 g/mol. The molecule has 31 heavy (non-hydrogen) atoms. The van der Waals surface area contributed by atoms with E-state index >= 15 is 0 Å². The Bertz CT molecular complexity index is 1280. The van der Waals surface area contributed by atoms with Gasteiger partial charge in [0.1, 0.15) is 0 Å². The van der Waals surface area contributed by atoms with Crippen molar-refractivity contribution in [3.8, 4) is 22.4 Å². The number of hydrogen-bond acceptors (Lipinski definition) is 1. The van der Waals surface area contributed by atoms with Crippen LogP contribution in [0.1, 0.15) is 52.7 Å². The highest BCUT2D eigenvalue weighted by Crippen LogP contribution is 2.37. The molecule has 0 unspecified atom stereocenters. The van der Waals surface area contributed by atoms with Crippen LogP contribution in [-0.2, 0) is 10.8 Å². The van der Waals surface area contributed by atoms with E-state index in [-0.39, 0.29) is 16.4 Å². The lowest BCUT2D eigenvalue weighted by Crippen LogP contribution is -2.12. The minimum absolute atomic E-state index is 0.0550. The van der Waals surface area contributed by atoms with E-state index in [1.54, 1.807) is 0 Å². The zero-order chi connectivity index (χ0) is 22.4. The standard InChI is InChI=1S/C29H31NO/c1-28(2,3)21-15-11-19(12-16-21)25-23-9-7-8-10-24(23)27(31)30-26(25)20-13-17-22(18-14-20)29(4,5)6/h7-18H,1-6H3,(H,30,31). The highest BCUT2D eigenvalue weighted by Gasteiger charge is 2.18. The molecule has 0 radical (unpaired) electrons. The lowest BCUT2D eigenvalue weighted by atomic mass is 9.84. The summed E-state index contributed by atoms with van der Waals surface area (Å²) in [6, 6.07) is 25.2. The molecule has 0 spiro atoms. The third-order valence-electron chi connectivity index (χ3n) is 6.01. The number of rotatable bonds is 2. The van der Waals surface area contributed by atoms with E-state index in [1.165, 1.54) is 11.1 Å². The summed E-state index contributed by atoms with van der Waals surface area (Å²) in [5, 5.41) is 1.69. The summed E-state index contributed by atoms with van der Waals surface area (Å²) in [6.45, 7) is 13.3. The van der Waals surface area contributed by atoms with E-state index in [1.807, 2.05) is 24.3 Å². The quantitative estimate of drug-likeness (QED) is 0.366. The van der Waals surface area contributed by atoms with E-state index in [4.69, 9.17) is 0 Å². The molecule has 4 aromatic rings. The van der Waals surface area contributed by atoms with E-state index in [2.05, 4.69) is 95.1 Å². The van der Waals surface area contributed by atoms with Crippen molar-refractivity contribution in [2.75, 3.05) is 0 Å². The predicted octanol–water partition coefficient (Wildman–Crippen LogP) is 7.46. The minimum atomic E-state index is -0.0550. The highest BCUT2D eigenvalue weighted by atomic mass is 16.1. The Kier molecular flexibility index (Phi) is 5.13. The molecule has 1 N–H and O–H groups in total. The van der Waals surface area contributed by atoms with Gasteiger partial charge in [-0.1, -0.05) is 108 Å². The normalized spacial score (nSPS) is 12.3. The van der Waals surface area contributed by atoms with Crippen LogP contribution in [0.25, 0.3) is 33.2 Å². The van der Waals surface area contributed by atoms with E-state index < -0.39 is 0 Å². The second-order valence-electron chi connectivity index (χ2n) is 10.4. The van der Waals surface area contributed by atoms with Gasteiger partial charge in [-0.2, -0.15) is 0 Å². The number of aromatic amines is 1. The largest absolute Gasteiger partial charge is 0.321 e. The Hall–Kier alpha value is -3.13. The molecule has 0 atom stereocenters. The fourth-order valence-electron chi connectivity index (χ4n) is 4.07. The van der Waals surface area contributed by atoms with Gasteiger partial charge in [0.2, 0.25) is 0 Å². The van der Waals surface area contributed by atoms with Gasteiger partial charge in [-0.15, -0.1) is 0 Å². The van der Waals surface area contributed by atoms with Crippen molar-refractivity contribution in [2.24, 2.45) is 0 Å². The van der Waals surface area contributed by atoms with Crippen LogP contribution in [0.4, 0.5) is 0 Å². The molecule has 0 aliphatic heterocycles. The molecule has 0 aliphatic rings. The van der Waals surface area contributed by atoms with Gasteiger partial charge in [-0.25, -0.2) is 0 Å². The molecule has 1 heterocycles. The van der Waals surface area contributed by atoms with Crippen molar-refractivity contribution in [1.82, 2.24) is 4.98 Å². The average Bonchev–Trinajstić information content (AvgIpc) is 2.73. The van der Waals surface area contributed by atoms with Crippen LogP contribution < -0.4 is 5.56 Å². The van der Waals surface area contributed by atoms with Crippen molar-refractivity contribution in [3.63, 3.8) is 0 Å². The molecule has 2 heteroatoms. The predicted molar refractivity (Wildman–Crippen MR) is 133 cm³/mol. The van der Waals surface area contributed by atoms with Gasteiger partial charge in [-0.3, -0.25) is 4.79 Å². The van der Waals surface area contributed by atoms with Gasteiger partial charge in [0, 0.05) is 10.9 Å². The first-order chi connectivity index (χ1) is 14.6. The van der Waals surface area contributed by atoms with Crippen LogP contribution in [0.15, 0.2) is 77.6 Å². The summed E-state index contributed by atoms with van der Waals surface area (Å²) in [5.74, 6) is 0. The number of H-pyrrole nitrogens is 1. The maximum Gasteiger partial charge on any atom is 0.256 e. The first kappa shape index (κ1) is 21.1. The first-order valence-electron chi connectivity index (χ1n) is 10.9.